The van der Waals surface area contributed by atoms with Crippen molar-refractivity contribution in [1.29, 1.82) is 0 Å². The minimum absolute atomic E-state index is 0.193. The van der Waals surface area contributed by atoms with Crippen molar-refractivity contribution in [2.75, 3.05) is 0 Å². The molecule has 2 heteroatoms. The molecule has 17 heavy (non-hydrogen) atoms. The van der Waals surface area contributed by atoms with Gasteiger partial charge in [0.15, 0.2) is 0 Å². The molecule has 0 aromatic heterocycles. The van der Waals surface area contributed by atoms with E-state index in [1.165, 1.54) is 5.56 Å². The van der Waals surface area contributed by atoms with Crippen LogP contribution in [0.3, 0.4) is 0 Å². The summed E-state index contributed by atoms with van der Waals surface area (Å²) in [7, 11) is 0. The van der Waals surface area contributed by atoms with Crippen molar-refractivity contribution in [3.63, 3.8) is 0 Å². The maximum atomic E-state index is 12.4. The Morgan fingerprint density at radius 1 is 1.29 bits per heavy atom. The van der Waals surface area contributed by atoms with Crippen LogP contribution in [-0.2, 0) is 11.3 Å². The summed E-state index contributed by atoms with van der Waals surface area (Å²) in [6, 6.07) is 10.6. The fraction of sp³-hybridized carbons (Fsp3) is 0.533. The Hall–Kier alpha value is -1.31. The molecule has 1 atom stereocenters. The van der Waals surface area contributed by atoms with E-state index in [2.05, 4.69) is 32.9 Å². The molecule has 0 bridgehead atoms. The van der Waals surface area contributed by atoms with Gasteiger partial charge in [-0.1, -0.05) is 44.2 Å². The molecule has 0 N–H and O–H groups in total. The highest BCUT2D eigenvalue weighted by Crippen LogP contribution is 2.33. The highest BCUT2D eigenvalue weighted by Gasteiger charge is 2.38. The largest absolute Gasteiger partial charge is 0.335 e. The van der Waals surface area contributed by atoms with Crippen molar-refractivity contribution in [3.8, 4) is 0 Å². The van der Waals surface area contributed by atoms with Gasteiger partial charge in [-0.15, -0.1) is 0 Å². The Balaban J connectivity index is 2.16. The van der Waals surface area contributed by atoms with Gasteiger partial charge in [-0.2, -0.15) is 0 Å². The van der Waals surface area contributed by atoms with Gasteiger partial charge in [-0.05, 0) is 25.3 Å². The molecular formula is C15H21NO. The number of nitrogens with zero attached hydrogens (tertiary/aromatic N) is 1. The van der Waals surface area contributed by atoms with Crippen molar-refractivity contribution < 1.29 is 4.79 Å². The monoisotopic (exact) mass is 231 g/mol. The highest BCUT2D eigenvalue weighted by molar-refractivity contribution is 5.83. The van der Waals surface area contributed by atoms with Crippen LogP contribution in [0.2, 0.25) is 0 Å². The van der Waals surface area contributed by atoms with Gasteiger partial charge in [-0.3, -0.25) is 4.79 Å². The normalized spacial score (nSPS) is 23.8. The molecule has 2 rings (SSSR count). The Kier molecular flexibility index (Phi) is 3.23. The van der Waals surface area contributed by atoms with Crippen LogP contribution in [0.4, 0.5) is 0 Å². The standard InChI is InChI=1S/C15H21NO/c1-12-9-10-15(2,3)14(17)16(12)11-13-7-5-4-6-8-13/h4-8,12H,9-11H2,1-3H3. The van der Waals surface area contributed by atoms with Crippen molar-refractivity contribution >= 4 is 5.91 Å². The number of hydrogen-bond acceptors (Lipinski definition) is 1. The van der Waals surface area contributed by atoms with Gasteiger partial charge >= 0.3 is 0 Å². The molecular weight excluding hydrogens is 210 g/mol. The Morgan fingerprint density at radius 3 is 2.59 bits per heavy atom. The van der Waals surface area contributed by atoms with Gasteiger partial charge in [0.25, 0.3) is 0 Å². The van der Waals surface area contributed by atoms with Crippen LogP contribution in [0.1, 0.15) is 39.2 Å². The second-order valence-corrected chi connectivity index (χ2v) is 5.69. The number of carbonyl (C=O) groups excluding carboxylic acids is 1. The van der Waals surface area contributed by atoms with Crippen LogP contribution in [0.25, 0.3) is 0 Å². The van der Waals surface area contributed by atoms with E-state index >= 15 is 0 Å². The smallest absolute Gasteiger partial charge is 0.228 e. The summed E-state index contributed by atoms with van der Waals surface area (Å²) < 4.78 is 0. The molecule has 1 fully saturated rings. The maximum Gasteiger partial charge on any atom is 0.228 e. The van der Waals surface area contributed by atoms with E-state index in [1.807, 2.05) is 23.1 Å². The number of amides is 1. The van der Waals surface area contributed by atoms with Crippen molar-refractivity contribution in [3.05, 3.63) is 35.9 Å². The first kappa shape index (κ1) is 12.2. The molecule has 1 aromatic rings. The Bertz CT molecular complexity index is 397. The van der Waals surface area contributed by atoms with Gasteiger partial charge in [0.05, 0.1) is 0 Å². The van der Waals surface area contributed by atoms with Crippen LogP contribution in [0, 0.1) is 5.41 Å². The molecule has 0 radical (unpaired) electrons. The summed E-state index contributed by atoms with van der Waals surface area (Å²) >= 11 is 0. The highest BCUT2D eigenvalue weighted by atomic mass is 16.2. The summed E-state index contributed by atoms with van der Waals surface area (Å²) in [4.78, 5) is 14.4. The lowest BCUT2D eigenvalue weighted by atomic mass is 9.80. The number of piperidine rings is 1. The van der Waals surface area contributed by atoms with Crippen LogP contribution in [0.5, 0.6) is 0 Å². The first-order chi connectivity index (χ1) is 8.00. The third kappa shape index (κ3) is 2.51. The summed E-state index contributed by atoms with van der Waals surface area (Å²) in [5.41, 5.74) is 1.02. The van der Waals surface area contributed by atoms with Crippen molar-refractivity contribution in [2.45, 2.75) is 46.2 Å². The summed E-state index contributed by atoms with van der Waals surface area (Å²) in [5, 5.41) is 0. The number of hydrogen-bond donors (Lipinski definition) is 0. The average Bonchev–Trinajstić information content (AvgIpc) is 2.32. The summed E-state index contributed by atoms with van der Waals surface area (Å²) in [6.07, 6.45) is 2.10. The molecule has 1 aromatic carbocycles. The molecule has 92 valence electrons. The first-order valence-electron chi connectivity index (χ1n) is 6.36. The lowest BCUT2D eigenvalue weighted by Crippen LogP contribution is -2.49. The predicted octanol–water partition coefficient (Wildman–Crippen LogP) is 3.22. The number of carbonyl (C=O) groups is 1. The van der Waals surface area contributed by atoms with E-state index in [-0.39, 0.29) is 5.41 Å². The van der Waals surface area contributed by atoms with Crippen LogP contribution in [-0.4, -0.2) is 16.8 Å². The lowest BCUT2D eigenvalue weighted by molar-refractivity contribution is -0.148. The lowest BCUT2D eigenvalue weighted by Gasteiger charge is -2.41. The van der Waals surface area contributed by atoms with Gasteiger partial charge in [0, 0.05) is 18.0 Å². The van der Waals surface area contributed by atoms with E-state index < -0.39 is 0 Å². The molecule has 1 aliphatic heterocycles. The molecule has 2 nitrogen and oxygen atoms in total. The van der Waals surface area contributed by atoms with Gasteiger partial charge in [0.2, 0.25) is 5.91 Å². The topological polar surface area (TPSA) is 20.3 Å². The van der Waals surface area contributed by atoms with E-state index in [1.54, 1.807) is 0 Å². The number of rotatable bonds is 2. The quantitative estimate of drug-likeness (QED) is 0.765. The zero-order valence-electron chi connectivity index (χ0n) is 10.9. The van der Waals surface area contributed by atoms with Crippen molar-refractivity contribution in [2.24, 2.45) is 5.41 Å². The zero-order valence-corrected chi connectivity index (χ0v) is 10.9. The molecule has 1 aliphatic rings. The van der Waals surface area contributed by atoms with Crippen LogP contribution >= 0.6 is 0 Å². The Labute approximate surface area is 104 Å². The third-order valence-corrected chi connectivity index (χ3v) is 3.75. The molecule has 1 saturated heterocycles. The number of likely N-dealkylation sites (tertiary alicyclic amines) is 1. The SMILES string of the molecule is CC1CCC(C)(C)C(=O)N1Cc1ccccc1. The fourth-order valence-electron chi connectivity index (χ4n) is 2.43. The van der Waals surface area contributed by atoms with E-state index in [0.29, 0.717) is 11.9 Å². The summed E-state index contributed by atoms with van der Waals surface area (Å²) in [5.74, 6) is 0.292. The minimum Gasteiger partial charge on any atom is -0.335 e. The van der Waals surface area contributed by atoms with Gasteiger partial charge < -0.3 is 4.90 Å². The second-order valence-electron chi connectivity index (χ2n) is 5.69. The molecule has 0 saturated carbocycles. The van der Waals surface area contributed by atoms with Crippen LogP contribution in [0.15, 0.2) is 30.3 Å². The first-order valence-corrected chi connectivity index (χ1v) is 6.36. The second kappa shape index (κ2) is 4.52. The maximum absolute atomic E-state index is 12.4. The molecule has 0 spiro atoms. The summed E-state index contributed by atoms with van der Waals surface area (Å²) in [6.45, 7) is 7.00. The van der Waals surface area contributed by atoms with Crippen molar-refractivity contribution in [1.82, 2.24) is 4.90 Å². The van der Waals surface area contributed by atoms with E-state index in [0.717, 1.165) is 19.4 Å². The van der Waals surface area contributed by atoms with Gasteiger partial charge in [-0.25, -0.2) is 0 Å². The molecule has 1 heterocycles. The third-order valence-electron chi connectivity index (χ3n) is 3.75. The zero-order chi connectivity index (χ0) is 12.5. The predicted molar refractivity (Wildman–Crippen MR) is 69.5 cm³/mol. The molecule has 1 unspecified atom stereocenters. The van der Waals surface area contributed by atoms with Gasteiger partial charge in [0.1, 0.15) is 0 Å². The number of benzene rings is 1. The fourth-order valence-corrected chi connectivity index (χ4v) is 2.43. The molecule has 0 aliphatic carbocycles. The molecule has 1 amide bonds. The van der Waals surface area contributed by atoms with E-state index in [4.69, 9.17) is 0 Å². The van der Waals surface area contributed by atoms with Crippen LogP contribution < -0.4 is 0 Å². The average molecular weight is 231 g/mol. The minimum atomic E-state index is -0.193. The van der Waals surface area contributed by atoms with E-state index in [9.17, 15) is 4.79 Å². The Morgan fingerprint density at radius 2 is 1.94 bits per heavy atom.